The van der Waals surface area contributed by atoms with Crippen LogP contribution < -0.4 is 11.1 Å². The lowest BCUT2D eigenvalue weighted by Crippen LogP contribution is -2.43. The molecule has 1 atom stereocenters. The van der Waals surface area contributed by atoms with Crippen LogP contribution in [0.2, 0.25) is 0 Å². The van der Waals surface area contributed by atoms with Crippen LogP contribution in [0, 0.1) is 0 Å². The number of allylic oxidation sites excluding steroid dienone is 1. The molecule has 0 rings (SSSR count). The Morgan fingerprint density at radius 3 is 2.69 bits per heavy atom. The molecule has 0 heterocycles. The Kier molecular flexibility index (Phi) is 6.18. The van der Waals surface area contributed by atoms with Gasteiger partial charge in [-0.05, 0) is 13.8 Å². The van der Waals surface area contributed by atoms with E-state index < -0.39 is 6.04 Å². The topological polar surface area (TPSA) is 64.3 Å². The molecule has 0 aliphatic carbocycles. The van der Waals surface area contributed by atoms with Crippen molar-refractivity contribution in [3.63, 3.8) is 0 Å². The van der Waals surface area contributed by atoms with Crippen molar-refractivity contribution in [1.29, 1.82) is 0 Å². The van der Waals surface area contributed by atoms with Crippen molar-refractivity contribution < 1.29 is 9.53 Å². The normalized spacial score (nSPS) is 12.0. The molecule has 0 spiro atoms. The lowest BCUT2D eigenvalue weighted by Gasteiger charge is -2.09. The van der Waals surface area contributed by atoms with Gasteiger partial charge in [-0.25, -0.2) is 0 Å². The van der Waals surface area contributed by atoms with Gasteiger partial charge in [0.25, 0.3) is 0 Å². The van der Waals surface area contributed by atoms with Crippen molar-refractivity contribution in [2.24, 2.45) is 5.73 Å². The fourth-order valence-electron chi connectivity index (χ4n) is 0.742. The molecule has 76 valence electrons. The first-order chi connectivity index (χ1) is 6.07. The van der Waals surface area contributed by atoms with Gasteiger partial charge in [0.2, 0.25) is 5.91 Å². The smallest absolute Gasteiger partial charge is 0.239 e. The van der Waals surface area contributed by atoms with Crippen molar-refractivity contribution in [3.05, 3.63) is 11.6 Å². The van der Waals surface area contributed by atoms with Crippen LogP contribution in [0.25, 0.3) is 0 Å². The molecule has 4 heteroatoms. The van der Waals surface area contributed by atoms with E-state index in [0.717, 1.165) is 0 Å². The van der Waals surface area contributed by atoms with Crippen molar-refractivity contribution >= 4 is 5.91 Å². The van der Waals surface area contributed by atoms with E-state index in [1.54, 1.807) is 0 Å². The molecule has 0 bridgehead atoms. The maximum Gasteiger partial charge on any atom is 0.239 e. The Hall–Kier alpha value is -0.870. The highest BCUT2D eigenvalue weighted by Crippen LogP contribution is 1.86. The molecule has 3 N–H and O–H groups in total. The van der Waals surface area contributed by atoms with E-state index >= 15 is 0 Å². The van der Waals surface area contributed by atoms with E-state index in [-0.39, 0.29) is 12.5 Å². The highest BCUT2D eigenvalue weighted by atomic mass is 16.5. The predicted molar refractivity (Wildman–Crippen MR) is 52.3 cm³/mol. The summed E-state index contributed by atoms with van der Waals surface area (Å²) in [6.45, 7) is 4.72. The second kappa shape index (κ2) is 6.62. The van der Waals surface area contributed by atoms with E-state index in [9.17, 15) is 4.79 Å². The molecular formula is C9H18N2O2. The average molecular weight is 186 g/mol. The third kappa shape index (κ3) is 6.31. The summed E-state index contributed by atoms with van der Waals surface area (Å²) < 4.78 is 4.75. The standard InChI is InChI=1S/C9H18N2O2/c1-7(2)4-5-11-9(12)8(10)6-13-3/h4,8H,5-6,10H2,1-3H3,(H,11,12). The van der Waals surface area contributed by atoms with Gasteiger partial charge in [0, 0.05) is 13.7 Å². The monoisotopic (exact) mass is 186 g/mol. The molecule has 4 nitrogen and oxygen atoms in total. The first-order valence-electron chi connectivity index (χ1n) is 4.23. The van der Waals surface area contributed by atoms with E-state index in [1.807, 2.05) is 19.9 Å². The summed E-state index contributed by atoms with van der Waals surface area (Å²) in [6, 6.07) is -0.574. The number of methoxy groups -OCH3 is 1. The van der Waals surface area contributed by atoms with Crippen LogP contribution in [0.15, 0.2) is 11.6 Å². The molecule has 0 aromatic carbocycles. The van der Waals surface area contributed by atoms with Crippen LogP contribution in [-0.2, 0) is 9.53 Å². The Balaban J connectivity index is 3.68. The first kappa shape index (κ1) is 12.1. The van der Waals surface area contributed by atoms with Crippen LogP contribution in [-0.4, -0.2) is 32.2 Å². The van der Waals surface area contributed by atoms with Gasteiger partial charge in [-0.2, -0.15) is 0 Å². The molecule has 1 amide bonds. The van der Waals surface area contributed by atoms with Gasteiger partial charge >= 0.3 is 0 Å². The molecular weight excluding hydrogens is 168 g/mol. The number of hydrogen-bond acceptors (Lipinski definition) is 3. The summed E-state index contributed by atoms with van der Waals surface area (Å²) in [5, 5.41) is 2.68. The van der Waals surface area contributed by atoms with Crippen molar-refractivity contribution in [3.8, 4) is 0 Å². The number of amides is 1. The molecule has 0 aliphatic rings. The quantitative estimate of drug-likeness (QED) is 0.596. The SMILES string of the molecule is COCC(N)C(=O)NCC=C(C)C. The van der Waals surface area contributed by atoms with Crippen LogP contribution in [0.4, 0.5) is 0 Å². The molecule has 1 unspecified atom stereocenters. The van der Waals surface area contributed by atoms with E-state index in [4.69, 9.17) is 10.5 Å². The van der Waals surface area contributed by atoms with Gasteiger partial charge in [0.05, 0.1) is 6.61 Å². The number of carbonyl (C=O) groups is 1. The van der Waals surface area contributed by atoms with Crippen molar-refractivity contribution in [2.75, 3.05) is 20.3 Å². The summed E-state index contributed by atoms with van der Waals surface area (Å²) in [7, 11) is 1.52. The van der Waals surface area contributed by atoms with Crippen LogP contribution in [0.1, 0.15) is 13.8 Å². The van der Waals surface area contributed by atoms with E-state index in [0.29, 0.717) is 6.54 Å². The lowest BCUT2D eigenvalue weighted by atomic mass is 10.3. The molecule has 0 aliphatic heterocycles. The summed E-state index contributed by atoms with van der Waals surface area (Å²) in [5.41, 5.74) is 6.65. The summed E-state index contributed by atoms with van der Waals surface area (Å²) in [6.07, 6.45) is 1.93. The average Bonchev–Trinajstić information content (AvgIpc) is 2.04. The molecule has 13 heavy (non-hydrogen) atoms. The highest BCUT2D eigenvalue weighted by Gasteiger charge is 2.10. The third-order valence-electron chi connectivity index (χ3n) is 1.47. The highest BCUT2D eigenvalue weighted by molar-refractivity contribution is 5.81. The number of rotatable bonds is 5. The Morgan fingerprint density at radius 1 is 1.62 bits per heavy atom. The molecule has 0 aromatic heterocycles. The molecule has 0 aromatic rings. The van der Waals surface area contributed by atoms with Gasteiger partial charge in [-0.3, -0.25) is 4.79 Å². The Morgan fingerprint density at radius 2 is 2.23 bits per heavy atom. The van der Waals surface area contributed by atoms with Crippen LogP contribution in [0.5, 0.6) is 0 Å². The van der Waals surface area contributed by atoms with Crippen molar-refractivity contribution in [1.82, 2.24) is 5.32 Å². The molecule has 0 saturated heterocycles. The maximum atomic E-state index is 11.2. The lowest BCUT2D eigenvalue weighted by molar-refractivity contribution is -0.123. The van der Waals surface area contributed by atoms with Crippen molar-refractivity contribution in [2.45, 2.75) is 19.9 Å². The Labute approximate surface area is 79.1 Å². The second-order valence-corrected chi connectivity index (χ2v) is 3.09. The minimum atomic E-state index is -0.574. The number of nitrogens with two attached hydrogens (primary N) is 1. The van der Waals surface area contributed by atoms with Crippen LogP contribution in [0.3, 0.4) is 0 Å². The van der Waals surface area contributed by atoms with E-state index in [1.165, 1.54) is 12.7 Å². The summed E-state index contributed by atoms with van der Waals surface area (Å²) in [4.78, 5) is 11.2. The summed E-state index contributed by atoms with van der Waals surface area (Å²) >= 11 is 0. The first-order valence-corrected chi connectivity index (χ1v) is 4.23. The minimum absolute atomic E-state index is 0.181. The molecule has 0 radical (unpaired) electrons. The van der Waals surface area contributed by atoms with Gasteiger partial charge < -0.3 is 15.8 Å². The maximum absolute atomic E-state index is 11.2. The number of nitrogens with one attached hydrogen (secondary N) is 1. The minimum Gasteiger partial charge on any atom is -0.383 e. The number of ether oxygens (including phenoxy) is 1. The zero-order chi connectivity index (χ0) is 10.3. The fourth-order valence-corrected chi connectivity index (χ4v) is 0.742. The predicted octanol–water partition coefficient (Wildman–Crippen LogP) is 0.0425. The van der Waals surface area contributed by atoms with Gasteiger partial charge in [-0.15, -0.1) is 0 Å². The third-order valence-corrected chi connectivity index (χ3v) is 1.47. The number of carbonyl (C=O) groups excluding carboxylic acids is 1. The summed E-state index contributed by atoms with van der Waals surface area (Å²) in [5.74, 6) is -0.181. The van der Waals surface area contributed by atoms with Gasteiger partial charge in [0.15, 0.2) is 0 Å². The molecule has 0 fully saturated rings. The Bertz CT molecular complexity index is 186. The fraction of sp³-hybridized carbons (Fsp3) is 0.667. The largest absolute Gasteiger partial charge is 0.383 e. The van der Waals surface area contributed by atoms with Crippen LogP contribution >= 0.6 is 0 Å². The number of hydrogen-bond donors (Lipinski definition) is 2. The zero-order valence-electron chi connectivity index (χ0n) is 8.46. The zero-order valence-corrected chi connectivity index (χ0v) is 8.46. The van der Waals surface area contributed by atoms with Gasteiger partial charge in [0.1, 0.15) is 6.04 Å². The second-order valence-electron chi connectivity index (χ2n) is 3.09. The van der Waals surface area contributed by atoms with Gasteiger partial charge in [-0.1, -0.05) is 11.6 Å². The van der Waals surface area contributed by atoms with E-state index in [2.05, 4.69) is 5.32 Å². The molecule has 0 saturated carbocycles.